The standard InChI is InChI=1S/C28H25NO8/c1-37-17-7-3-13(4-8-17)2-5-14-6-9-19(30)22-18(14)11-15-10-16-12-20(31)23(27(29)35)26(34)28(16,36)25(33)21(15)24(22)32/h3-4,6-9,15-16,20,23,30-31,33,36H,10-12H2,1H3,(H2,29,35)/t15-,16+,20?,23?,28+/m1/s1. The van der Waals surface area contributed by atoms with Crippen molar-refractivity contribution in [1.29, 1.82) is 0 Å². The lowest BCUT2D eigenvalue weighted by Gasteiger charge is -2.48. The van der Waals surface area contributed by atoms with Gasteiger partial charge in [0.1, 0.15) is 23.2 Å². The number of Topliss-reactive ketones (excluding diaryl/α,β-unsaturated/α-hetero) is 2. The molecule has 2 aromatic rings. The van der Waals surface area contributed by atoms with Gasteiger partial charge in [0.05, 0.1) is 18.8 Å². The minimum absolute atomic E-state index is 0.0591. The highest BCUT2D eigenvalue weighted by molar-refractivity contribution is 6.15. The number of hydrogen-bond donors (Lipinski definition) is 5. The van der Waals surface area contributed by atoms with Gasteiger partial charge in [0, 0.05) is 22.6 Å². The fourth-order valence-electron chi connectivity index (χ4n) is 5.86. The Morgan fingerprint density at radius 3 is 2.43 bits per heavy atom. The number of fused-ring (bicyclic) bond motifs is 3. The molecule has 5 atom stereocenters. The number of aromatic hydroxyl groups is 1. The number of phenolic OH excluding ortho intramolecular Hbond substituents is 1. The molecule has 0 aliphatic heterocycles. The van der Waals surface area contributed by atoms with Gasteiger partial charge < -0.3 is 30.9 Å². The van der Waals surface area contributed by atoms with Gasteiger partial charge in [-0.3, -0.25) is 14.4 Å². The van der Waals surface area contributed by atoms with Crippen LogP contribution in [0.25, 0.3) is 0 Å². The number of aliphatic hydroxyl groups is 3. The molecule has 37 heavy (non-hydrogen) atoms. The summed E-state index contributed by atoms with van der Waals surface area (Å²) in [6, 6.07) is 10.1. The molecule has 3 aliphatic carbocycles. The summed E-state index contributed by atoms with van der Waals surface area (Å²) in [5, 5.41) is 43.4. The molecule has 9 nitrogen and oxygen atoms in total. The number of carbonyl (C=O) groups is 3. The Labute approximate surface area is 212 Å². The van der Waals surface area contributed by atoms with E-state index in [1.165, 1.54) is 6.07 Å². The maximum absolute atomic E-state index is 13.6. The first-order valence-electron chi connectivity index (χ1n) is 11.8. The van der Waals surface area contributed by atoms with Gasteiger partial charge in [-0.2, -0.15) is 0 Å². The SMILES string of the molecule is COc1ccc(C#Cc2ccc(O)c3c2C[C@H]2C[C@H]4CC(O)C(C(N)=O)C(=O)[C@@]4(O)C(O)=C2C3=O)cc1. The van der Waals surface area contributed by atoms with Gasteiger partial charge in [0.2, 0.25) is 5.91 Å². The zero-order valence-corrected chi connectivity index (χ0v) is 19.9. The van der Waals surface area contributed by atoms with Crippen LogP contribution in [0.2, 0.25) is 0 Å². The molecule has 0 heterocycles. The number of benzene rings is 2. The Morgan fingerprint density at radius 2 is 1.78 bits per heavy atom. The summed E-state index contributed by atoms with van der Waals surface area (Å²) in [5.41, 5.74) is 4.22. The van der Waals surface area contributed by atoms with Gasteiger partial charge >= 0.3 is 0 Å². The van der Waals surface area contributed by atoms with E-state index in [9.17, 15) is 34.8 Å². The van der Waals surface area contributed by atoms with Crippen molar-refractivity contribution in [2.45, 2.75) is 31.0 Å². The smallest absolute Gasteiger partial charge is 0.230 e. The molecule has 2 unspecified atom stereocenters. The fraction of sp³-hybridized carbons (Fsp3) is 0.321. The summed E-state index contributed by atoms with van der Waals surface area (Å²) in [4.78, 5) is 38.4. The predicted octanol–water partition coefficient (Wildman–Crippen LogP) is 1.15. The average Bonchev–Trinajstić information content (AvgIpc) is 2.86. The number of carbonyl (C=O) groups excluding carboxylic acids is 3. The van der Waals surface area contributed by atoms with Gasteiger partial charge in [-0.15, -0.1) is 0 Å². The van der Waals surface area contributed by atoms with Crippen LogP contribution in [0.1, 0.15) is 39.9 Å². The van der Waals surface area contributed by atoms with Crippen molar-refractivity contribution >= 4 is 17.5 Å². The second-order valence-corrected chi connectivity index (χ2v) is 9.70. The summed E-state index contributed by atoms with van der Waals surface area (Å²) < 4.78 is 5.15. The van der Waals surface area contributed by atoms with Crippen molar-refractivity contribution in [2.75, 3.05) is 7.11 Å². The molecule has 0 spiro atoms. The minimum Gasteiger partial charge on any atom is -0.508 e. The number of nitrogens with two attached hydrogens (primary N) is 1. The Bertz CT molecular complexity index is 1430. The van der Waals surface area contributed by atoms with E-state index in [0.717, 1.165) is 0 Å². The zero-order valence-electron chi connectivity index (χ0n) is 19.9. The zero-order chi connectivity index (χ0) is 26.6. The van der Waals surface area contributed by atoms with Gasteiger partial charge in [-0.05, 0) is 67.1 Å². The maximum atomic E-state index is 13.6. The minimum atomic E-state index is -2.53. The van der Waals surface area contributed by atoms with E-state index < -0.39 is 52.7 Å². The summed E-state index contributed by atoms with van der Waals surface area (Å²) in [6.07, 6.45) is -1.27. The van der Waals surface area contributed by atoms with Crippen molar-refractivity contribution in [2.24, 2.45) is 23.5 Å². The molecule has 0 aromatic heterocycles. The number of rotatable bonds is 2. The first-order valence-corrected chi connectivity index (χ1v) is 11.8. The van der Waals surface area contributed by atoms with Crippen molar-refractivity contribution in [1.82, 2.24) is 0 Å². The van der Waals surface area contributed by atoms with Crippen molar-refractivity contribution < 1.29 is 39.5 Å². The van der Waals surface area contributed by atoms with Gasteiger partial charge in [0.15, 0.2) is 17.2 Å². The Balaban J connectivity index is 1.59. The van der Waals surface area contributed by atoms with E-state index in [-0.39, 0.29) is 36.1 Å². The summed E-state index contributed by atoms with van der Waals surface area (Å²) >= 11 is 0. The molecular formula is C28H25NO8. The van der Waals surface area contributed by atoms with Crippen LogP contribution in [-0.2, 0) is 16.0 Å². The van der Waals surface area contributed by atoms with Crippen LogP contribution >= 0.6 is 0 Å². The predicted molar refractivity (Wildman–Crippen MR) is 130 cm³/mol. The monoisotopic (exact) mass is 503 g/mol. The molecule has 190 valence electrons. The van der Waals surface area contributed by atoms with Crippen LogP contribution in [0.3, 0.4) is 0 Å². The summed E-state index contributed by atoms with van der Waals surface area (Å²) in [6.45, 7) is 0. The Kier molecular flexibility index (Phi) is 5.82. The number of methoxy groups -OCH3 is 1. The second-order valence-electron chi connectivity index (χ2n) is 9.70. The maximum Gasteiger partial charge on any atom is 0.230 e. The largest absolute Gasteiger partial charge is 0.508 e. The van der Waals surface area contributed by atoms with Crippen LogP contribution in [0.4, 0.5) is 0 Å². The van der Waals surface area contributed by atoms with E-state index in [0.29, 0.717) is 22.4 Å². The van der Waals surface area contributed by atoms with Gasteiger partial charge in [0.25, 0.3) is 0 Å². The van der Waals surface area contributed by atoms with E-state index in [4.69, 9.17) is 10.5 Å². The number of phenols is 1. The normalized spacial score (nSPS) is 28.4. The number of ketones is 2. The molecule has 9 heteroatoms. The molecule has 2 aromatic carbocycles. The Morgan fingerprint density at radius 1 is 1.08 bits per heavy atom. The lowest BCUT2D eigenvalue weighted by atomic mass is 9.57. The van der Waals surface area contributed by atoms with Crippen LogP contribution in [0.5, 0.6) is 11.5 Å². The van der Waals surface area contributed by atoms with E-state index >= 15 is 0 Å². The lowest BCUT2D eigenvalue weighted by Crippen LogP contribution is -2.63. The molecule has 6 N–H and O–H groups in total. The highest BCUT2D eigenvalue weighted by Gasteiger charge is 2.62. The molecule has 0 bridgehead atoms. The molecular weight excluding hydrogens is 478 g/mol. The van der Waals surface area contributed by atoms with Gasteiger partial charge in [-0.1, -0.05) is 11.8 Å². The third-order valence-electron chi connectivity index (χ3n) is 7.70. The van der Waals surface area contributed by atoms with E-state index in [1.807, 2.05) is 0 Å². The van der Waals surface area contributed by atoms with Crippen molar-refractivity contribution in [3.63, 3.8) is 0 Å². The molecule has 5 rings (SSSR count). The summed E-state index contributed by atoms with van der Waals surface area (Å²) in [5.74, 6) is -0.612. The lowest BCUT2D eigenvalue weighted by molar-refractivity contribution is -0.167. The summed E-state index contributed by atoms with van der Waals surface area (Å²) in [7, 11) is 1.56. The first kappa shape index (κ1) is 24.6. The molecule has 3 aliphatic rings. The van der Waals surface area contributed by atoms with Crippen LogP contribution in [0, 0.1) is 29.6 Å². The van der Waals surface area contributed by atoms with E-state index in [1.54, 1.807) is 37.4 Å². The first-order chi connectivity index (χ1) is 17.6. The average molecular weight is 504 g/mol. The van der Waals surface area contributed by atoms with Crippen molar-refractivity contribution in [3.8, 4) is 23.3 Å². The number of amides is 1. The molecule has 1 amide bonds. The molecule has 0 saturated heterocycles. The number of aliphatic hydroxyl groups excluding tert-OH is 2. The van der Waals surface area contributed by atoms with Crippen LogP contribution in [-0.4, -0.2) is 56.7 Å². The van der Waals surface area contributed by atoms with Crippen molar-refractivity contribution in [3.05, 3.63) is 70.0 Å². The number of primary amides is 1. The molecule has 1 fully saturated rings. The second kappa shape index (κ2) is 8.76. The van der Waals surface area contributed by atoms with Gasteiger partial charge in [-0.25, -0.2) is 0 Å². The number of ether oxygens (including phenoxy) is 1. The number of hydrogen-bond acceptors (Lipinski definition) is 8. The molecule has 0 radical (unpaired) electrons. The number of allylic oxidation sites excluding steroid dienone is 1. The fourth-order valence-corrected chi connectivity index (χ4v) is 5.86. The Hall–Kier alpha value is -4.13. The topological polar surface area (TPSA) is 167 Å². The molecule has 1 saturated carbocycles. The quantitative estimate of drug-likeness (QED) is 0.301. The van der Waals surface area contributed by atoms with Crippen LogP contribution in [0.15, 0.2) is 47.7 Å². The highest BCUT2D eigenvalue weighted by atomic mass is 16.5. The van der Waals surface area contributed by atoms with Crippen LogP contribution < -0.4 is 10.5 Å². The third-order valence-corrected chi connectivity index (χ3v) is 7.70. The highest BCUT2D eigenvalue weighted by Crippen LogP contribution is 2.51. The third kappa shape index (κ3) is 3.68. The van der Waals surface area contributed by atoms with E-state index in [2.05, 4.69) is 11.8 Å².